The van der Waals surface area contributed by atoms with Crippen molar-refractivity contribution < 1.29 is 4.42 Å². The van der Waals surface area contributed by atoms with Crippen molar-refractivity contribution in [3.05, 3.63) is 42.6 Å². The van der Waals surface area contributed by atoms with Crippen LogP contribution in [0.4, 0.5) is 11.4 Å². The Balaban J connectivity index is 1.95. The van der Waals surface area contributed by atoms with Gasteiger partial charge < -0.3 is 14.6 Å². The van der Waals surface area contributed by atoms with Crippen molar-refractivity contribution in [3.63, 3.8) is 0 Å². The molecular formula is C12H15N3O. The lowest BCUT2D eigenvalue weighted by Crippen LogP contribution is -2.08. The van der Waals surface area contributed by atoms with Gasteiger partial charge in [0.25, 0.3) is 0 Å². The largest absolute Gasteiger partial charge is 0.447 e. The van der Waals surface area contributed by atoms with E-state index < -0.39 is 0 Å². The molecule has 0 saturated heterocycles. The van der Waals surface area contributed by atoms with Crippen LogP contribution in [0.3, 0.4) is 0 Å². The molecule has 1 N–H and O–H groups in total. The Kier molecular flexibility index (Phi) is 3.10. The van der Waals surface area contributed by atoms with Gasteiger partial charge >= 0.3 is 0 Å². The van der Waals surface area contributed by atoms with Crippen molar-refractivity contribution >= 4 is 11.4 Å². The van der Waals surface area contributed by atoms with E-state index in [-0.39, 0.29) is 0 Å². The highest BCUT2D eigenvalue weighted by molar-refractivity contribution is 5.54. The third kappa shape index (κ3) is 2.53. The van der Waals surface area contributed by atoms with Crippen molar-refractivity contribution in [2.45, 2.75) is 6.54 Å². The first-order chi connectivity index (χ1) is 7.75. The second-order valence-electron chi connectivity index (χ2n) is 3.76. The minimum Gasteiger partial charge on any atom is -0.447 e. The first-order valence-electron chi connectivity index (χ1n) is 5.14. The van der Waals surface area contributed by atoms with Gasteiger partial charge in [0.2, 0.25) is 0 Å². The van der Waals surface area contributed by atoms with Crippen LogP contribution >= 0.6 is 0 Å². The van der Waals surface area contributed by atoms with E-state index in [0.29, 0.717) is 6.54 Å². The molecule has 4 nitrogen and oxygen atoms in total. The van der Waals surface area contributed by atoms with Crippen LogP contribution in [0.1, 0.15) is 5.76 Å². The van der Waals surface area contributed by atoms with Crippen LogP contribution in [0.15, 0.2) is 41.3 Å². The predicted octanol–water partition coefficient (Wildman–Crippen LogP) is 2.35. The number of benzene rings is 1. The average Bonchev–Trinajstić information content (AvgIpc) is 2.80. The summed E-state index contributed by atoms with van der Waals surface area (Å²) in [6.07, 6.45) is 3.15. The van der Waals surface area contributed by atoms with Crippen LogP contribution in [0, 0.1) is 0 Å². The van der Waals surface area contributed by atoms with Gasteiger partial charge in [0.1, 0.15) is 5.76 Å². The summed E-state index contributed by atoms with van der Waals surface area (Å²) in [7, 11) is 4.05. The zero-order valence-corrected chi connectivity index (χ0v) is 9.47. The lowest BCUT2D eigenvalue weighted by Gasteiger charge is -2.13. The van der Waals surface area contributed by atoms with Crippen molar-refractivity contribution in [1.29, 1.82) is 0 Å². The van der Waals surface area contributed by atoms with Gasteiger partial charge in [-0.3, -0.25) is 0 Å². The first kappa shape index (κ1) is 10.5. The summed E-state index contributed by atoms with van der Waals surface area (Å²) >= 11 is 0. The normalized spacial score (nSPS) is 10.1. The molecule has 1 heterocycles. The van der Waals surface area contributed by atoms with Gasteiger partial charge in [-0.25, -0.2) is 4.98 Å². The molecule has 4 heteroatoms. The molecule has 0 atom stereocenters. The fourth-order valence-corrected chi connectivity index (χ4v) is 1.40. The fraction of sp³-hybridized carbons (Fsp3) is 0.250. The minimum absolute atomic E-state index is 0.654. The summed E-state index contributed by atoms with van der Waals surface area (Å²) in [6, 6.07) is 8.24. The molecule has 16 heavy (non-hydrogen) atoms. The monoisotopic (exact) mass is 217 g/mol. The van der Waals surface area contributed by atoms with Crippen LogP contribution < -0.4 is 10.2 Å². The highest BCUT2D eigenvalue weighted by atomic mass is 16.3. The number of hydrogen-bond acceptors (Lipinski definition) is 4. The Morgan fingerprint density at radius 3 is 2.56 bits per heavy atom. The molecule has 0 aliphatic rings. The molecule has 0 radical (unpaired) electrons. The number of aromatic nitrogens is 1. The van der Waals surface area contributed by atoms with Crippen molar-refractivity contribution in [1.82, 2.24) is 4.98 Å². The zero-order valence-electron chi connectivity index (χ0n) is 9.47. The maximum absolute atomic E-state index is 5.14. The van der Waals surface area contributed by atoms with Gasteiger partial charge in [-0.2, -0.15) is 0 Å². The molecule has 0 saturated carbocycles. The zero-order chi connectivity index (χ0) is 11.4. The van der Waals surface area contributed by atoms with Gasteiger partial charge in [0.15, 0.2) is 6.39 Å². The molecule has 0 unspecified atom stereocenters. The molecule has 0 fully saturated rings. The molecular weight excluding hydrogens is 202 g/mol. The first-order valence-corrected chi connectivity index (χ1v) is 5.14. The fourth-order valence-electron chi connectivity index (χ4n) is 1.40. The van der Waals surface area contributed by atoms with Crippen LogP contribution in [0.25, 0.3) is 0 Å². The molecule has 1 aromatic heterocycles. The smallest absolute Gasteiger partial charge is 0.180 e. The van der Waals surface area contributed by atoms with Crippen molar-refractivity contribution in [2.75, 3.05) is 24.3 Å². The second-order valence-corrected chi connectivity index (χ2v) is 3.76. The summed E-state index contributed by atoms with van der Waals surface area (Å²) in [6.45, 7) is 0.654. The summed E-state index contributed by atoms with van der Waals surface area (Å²) in [4.78, 5) is 5.93. The van der Waals surface area contributed by atoms with E-state index in [4.69, 9.17) is 4.42 Å². The second kappa shape index (κ2) is 4.70. The van der Waals surface area contributed by atoms with Gasteiger partial charge in [0.05, 0.1) is 12.7 Å². The van der Waals surface area contributed by atoms with E-state index in [1.807, 2.05) is 26.2 Å². The highest BCUT2D eigenvalue weighted by Gasteiger charge is 1.98. The van der Waals surface area contributed by atoms with Gasteiger partial charge in [-0.1, -0.05) is 0 Å². The molecule has 0 aliphatic heterocycles. The number of nitrogens with one attached hydrogen (secondary N) is 1. The lowest BCUT2D eigenvalue weighted by molar-refractivity contribution is 0.512. The molecule has 2 rings (SSSR count). The van der Waals surface area contributed by atoms with E-state index in [2.05, 4.69) is 27.3 Å². The third-order valence-electron chi connectivity index (χ3n) is 2.33. The Morgan fingerprint density at radius 1 is 1.25 bits per heavy atom. The van der Waals surface area contributed by atoms with Crippen LogP contribution in [0.5, 0.6) is 0 Å². The third-order valence-corrected chi connectivity index (χ3v) is 2.33. The van der Waals surface area contributed by atoms with Crippen molar-refractivity contribution in [3.8, 4) is 0 Å². The van der Waals surface area contributed by atoms with Crippen molar-refractivity contribution in [2.24, 2.45) is 0 Å². The average molecular weight is 217 g/mol. The maximum atomic E-state index is 5.14. The Hall–Kier alpha value is -1.97. The van der Waals surface area contributed by atoms with E-state index in [1.165, 1.54) is 12.1 Å². The molecule has 0 spiro atoms. The SMILES string of the molecule is CN(C)c1ccc(NCc2cnco2)cc1. The van der Waals surface area contributed by atoms with Gasteiger partial charge in [-0.15, -0.1) is 0 Å². The molecule has 2 aromatic rings. The van der Waals surface area contributed by atoms with E-state index in [9.17, 15) is 0 Å². The topological polar surface area (TPSA) is 41.3 Å². The van der Waals surface area contributed by atoms with Gasteiger partial charge in [0, 0.05) is 25.5 Å². The summed E-state index contributed by atoms with van der Waals surface area (Å²) in [5.41, 5.74) is 2.26. The predicted molar refractivity (Wildman–Crippen MR) is 64.6 cm³/mol. The number of rotatable bonds is 4. The van der Waals surface area contributed by atoms with E-state index in [1.54, 1.807) is 6.20 Å². The summed E-state index contributed by atoms with van der Waals surface area (Å²) < 4.78 is 5.14. The van der Waals surface area contributed by atoms with E-state index >= 15 is 0 Å². The highest BCUT2D eigenvalue weighted by Crippen LogP contribution is 2.16. The van der Waals surface area contributed by atoms with Gasteiger partial charge in [-0.05, 0) is 24.3 Å². The molecule has 0 aliphatic carbocycles. The minimum atomic E-state index is 0.654. The quantitative estimate of drug-likeness (QED) is 0.853. The number of hydrogen-bond donors (Lipinski definition) is 1. The Morgan fingerprint density at radius 2 is 2.00 bits per heavy atom. The van der Waals surface area contributed by atoms with E-state index in [0.717, 1.165) is 11.4 Å². The Bertz CT molecular complexity index is 420. The molecule has 84 valence electrons. The lowest BCUT2D eigenvalue weighted by atomic mass is 10.2. The summed E-state index contributed by atoms with van der Waals surface area (Å²) in [5.74, 6) is 0.830. The molecule has 1 aromatic carbocycles. The van der Waals surface area contributed by atoms with Crippen LogP contribution in [-0.4, -0.2) is 19.1 Å². The van der Waals surface area contributed by atoms with Crippen LogP contribution in [0.2, 0.25) is 0 Å². The number of oxazole rings is 1. The summed E-state index contributed by atoms with van der Waals surface area (Å²) in [5, 5.41) is 3.26. The number of nitrogens with zero attached hydrogens (tertiary/aromatic N) is 2. The van der Waals surface area contributed by atoms with Crippen LogP contribution in [-0.2, 0) is 6.54 Å². The Labute approximate surface area is 94.9 Å². The number of anilines is 2. The molecule has 0 amide bonds. The standard InChI is InChI=1S/C12H15N3O/c1-15(2)11-5-3-10(4-6-11)14-8-12-7-13-9-16-12/h3-7,9,14H,8H2,1-2H3. The maximum Gasteiger partial charge on any atom is 0.180 e. The molecule has 0 bridgehead atoms.